The normalized spacial score (nSPS) is 7.33. The Morgan fingerprint density at radius 3 is 1.61 bits per heavy atom. The Bertz CT molecular complexity index is 202. The second kappa shape index (κ2) is 21.3. The molecule has 0 saturated heterocycles. The molecule has 0 aliphatic rings. The number of hydrogen-bond acceptors (Lipinski definition) is 7. The van der Waals surface area contributed by atoms with Gasteiger partial charge >= 0.3 is 25.4 Å². The Morgan fingerprint density at radius 1 is 1.06 bits per heavy atom. The standard InChI is InChI=1S/C6H13NO2.2C2H4O2.Zn/c1-2-3-4-5-6(8)9-7;2*1-2(3)4;/h2-5,7H2,1H3;2*1H3,(H,3,4);/q;;;+2/p-2. The van der Waals surface area contributed by atoms with Crippen LogP contribution in [0.5, 0.6) is 0 Å². The Kier molecular flexibility index (Phi) is 30.5. The largest absolute Gasteiger partial charge is 2.00 e. The van der Waals surface area contributed by atoms with Crippen LogP contribution in [0.1, 0.15) is 46.5 Å². The molecule has 0 aromatic carbocycles. The van der Waals surface area contributed by atoms with Gasteiger partial charge in [0.25, 0.3) is 0 Å². The van der Waals surface area contributed by atoms with E-state index in [4.69, 9.17) is 19.8 Å². The molecule has 7 nitrogen and oxygen atoms in total. The molecule has 0 unspecified atom stereocenters. The van der Waals surface area contributed by atoms with E-state index < -0.39 is 11.9 Å². The third-order valence-electron chi connectivity index (χ3n) is 1.12. The Hall–Kier alpha value is -1.01. The zero-order valence-electron chi connectivity index (χ0n) is 11.1. The van der Waals surface area contributed by atoms with Crippen LogP contribution in [0.15, 0.2) is 0 Å². The van der Waals surface area contributed by atoms with Crippen molar-refractivity contribution < 1.29 is 48.9 Å². The van der Waals surface area contributed by atoms with Gasteiger partial charge in [0.1, 0.15) is 0 Å². The van der Waals surface area contributed by atoms with Crippen molar-refractivity contribution >= 4 is 17.9 Å². The van der Waals surface area contributed by atoms with Crippen LogP contribution < -0.4 is 16.1 Å². The molecule has 102 valence electrons. The summed E-state index contributed by atoms with van der Waals surface area (Å²) in [4.78, 5) is 32.1. The van der Waals surface area contributed by atoms with Crippen LogP contribution in [0.3, 0.4) is 0 Å². The monoisotopic (exact) mass is 313 g/mol. The Morgan fingerprint density at radius 2 is 1.39 bits per heavy atom. The molecule has 0 saturated carbocycles. The van der Waals surface area contributed by atoms with E-state index in [0.29, 0.717) is 6.42 Å². The quantitative estimate of drug-likeness (QED) is 0.379. The Balaban J connectivity index is -0.0000000922. The first-order valence-corrected chi connectivity index (χ1v) is 5.02. The van der Waals surface area contributed by atoms with Crippen LogP contribution in [-0.2, 0) is 38.7 Å². The predicted octanol–water partition coefficient (Wildman–Crippen LogP) is -1.51. The van der Waals surface area contributed by atoms with Crippen molar-refractivity contribution in [3.8, 4) is 0 Å². The van der Waals surface area contributed by atoms with E-state index in [-0.39, 0.29) is 25.4 Å². The number of carbonyl (C=O) groups excluding carboxylic acids is 3. The van der Waals surface area contributed by atoms with Crippen molar-refractivity contribution in [2.75, 3.05) is 0 Å². The number of carboxylic acid groups (broad SMARTS) is 2. The number of carboxylic acids is 2. The third-order valence-corrected chi connectivity index (χ3v) is 1.12. The third kappa shape index (κ3) is 81.7. The molecular formula is C10H19NO6Zn. The molecule has 18 heavy (non-hydrogen) atoms. The van der Waals surface area contributed by atoms with Crippen LogP contribution in [0.4, 0.5) is 0 Å². The summed E-state index contributed by atoms with van der Waals surface area (Å²) >= 11 is 0. The minimum atomic E-state index is -1.08. The van der Waals surface area contributed by atoms with E-state index in [1.165, 1.54) is 0 Å². The summed E-state index contributed by atoms with van der Waals surface area (Å²) < 4.78 is 0. The molecule has 0 bridgehead atoms. The number of hydrogen-bond donors (Lipinski definition) is 1. The van der Waals surface area contributed by atoms with Gasteiger partial charge in [-0.2, -0.15) is 5.90 Å². The van der Waals surface area contributed by atoms with Crippen LogP contribution in [0, 0.1) is 0 Å². The fourth-order valence-corrected chi connectivity index (χ4v) is 0.578. The number of aliphatic carboxylic acids is 2. The minimum absolute atomic E-state index is 0. The number of unbranched alkanes of at least 4 members (excludes halogenated alkanes) is 2. The van der Waals surface area contributed by atoms with Gasteiger partial charge in [0, 0.05) is 18.4 Å². The van der Waals surface area contributed by atoms with E-state index in [1.54, 1.807) is 0 Å². The minimum Gasteiger partial charge on any atom is -0.550 e. The maximum atomic E-state index is 10.3. The van der Waals surface area contributed by atoms with Crippen LogP contribution in [0.2, 0.25) is 0 Å². The second-order valence-electron chi connectivity index (χ2n) is 2.93. The maximum absolute atomic E-state index is 10.3. The molecule has 0 aliphatic heterocycles. The smallest absolute Gasteiger partial charge is 0.550 e. The molecule has 0 fully saturated rings. The SMILES string of the molecule is CC(=O)[O-].CC(=O)[O-].CCCCCC(=O)ON.[Zn+2]. The van der Waals surface area contributed by atoms with Gasteiger partial charge in [-0.05, 0) is 20.3 Å². The molecule has 0 aromatic rings. The second-order valence-corrected chi connectivity index (χ2v) is 2.93. The molecule has 0 radical (unpaired) electrons. The van der Waals surface area contributed by atoms with Gasteiger partial charge in [0.15, 0.2) is 0 Å². The summed E-state index contributed by atoms with van der Waals surface area (Å²) in [6.45, 7) is 4.02. The van der Waals surface area contributed by atoms with Crippen molar-refractivity contribution in [3.63, 3.8) is 0 Å². The number of nitrogens with two attached hydrogens (primary N) is 1. The van der Waals surface area contributed by atoms with Gasteiger partial charge in [0.05, 0.1) is 0 Å². The molecule has 0 spiro atoms. The van der Waals surface area contributed by atoms with E-state index in [9.17, 15) is 4.79 Å². The van der Waals surface area contributed by atoms with E-state index in [1.807, 2.05) is 0 Å². The molecule has 8 heteroatoms. The van der Waals surface area contributed by atoms with Gasteiger partial charge < -0.3 is 24.6 Å². The summed E-state index contributed by atoms with van der Waals surface area (Å²) in [5.74, 6) is 2.12. The number of rotatable bonds is 4. The summed E-state index contributed by atoms with van der Waals surface area (Å²) in [7, 11) is 0. The van der Waals surface area contributed by atoms with Gasteiger partial charge in [-0.1, -0.05) is 19.8 Å². The van der Waals surface area contributed by atoms with Crippen molar-refractivity contribution in [2.45, 2.75) is 46.5 Å². The van der Waals surface area contributed by atoms with Crippen molar-refractivity contribution in [3.05, 3.63) is 0 Å². The van der Waals surface area contributed by atoms with Gasteiger partial charge in [-0.15, -0.1) is 0 Å². The Labute approximate surface area is 119 Å². The summed E-state index contributed by atoms with van der Waals surface area (Å²) in [6, 6.07) is 0. The molecular weight excluding hydrogens is 296 g/mol. The van der Waals surface area contributed by atoms with Crippen molar-refractivity contribution in [2.24, 2.45) is 5.90 Å². The van der Waals surface area contributed by atoms with E-state index in [0.717, 1.165) is 33.1 Å². The molecule has 0 heterocycles. The molecule has 2 N–H and O–H groups in total. The van der Waals surface area contributed by atoms with Crippen LogP contribution >= 0.6 is 0 Å². The van der Waals surface area contributed by atoms with Crippen molar-refractivity contribution in [1.29, 1.82) is 0 Å². The fourth-order valence-electron chi connectivity index (χ4n) is 0.578. The first-order valence-electron chi connectivity index (χ1n) is 5.02. The molecule has 0 atom stereocenters. The first-order chi connectivity index (χ1) is 7.77. The van der Waals surface area contributed by atoms with Crippen molar-refractivity contribution in [1.82, 2.24) is 0 Å². The topological polar surface area (TPSA) is 133 Å². The molecule has 0 aromatic heterocycles. The van der Waals surface area contributed by atoms with Gasteiger partial charge in [0.2, 0.25) is 0 Å². The van der Waals surface area contributed by atoms with E-state index >= 15 is 0 Å². The maximum Gasteiger partial charge on any atom is 2.00 e. The predicted molar refractivity (Wildman–Crippen MR) is 55.8 cm³/mol. The van der Waals surface area contributed by atoms with Crippen LogP contribution in [0.25, 0.3) is 0 Å². The average molecular weight is 315 g/mol. The average Bonchev–Trinajstić information content (AvgIpc) is 2.16. The number of carbonyl (C=O) groups is 3. The summed E-state index contributed by atoms with van der Waals surface area (Å²) in [5, 5.41) is 17.8. The fraction of sp³-hybridized carbons (Fsp3) is 0.700. The first kappa shape index (κ1) is 25.7. The van der Waals surface area contributed by atoms with Gasteiger partial charge in [-0.25, -0.2) is 0 Å². The zero-order chi connectivity index (χ0) is 14.3. The van der Waals surface area contributed by atoms with Gasteiger partial charge in [-0.3, -0.25) is 4.79 Å². The van der Waals surface area contributed by atoms with E-state index in [2.05, 4.69) is 17.7 Å². The van der Waals surface area contributed by atoms with Crippen LogP contribution in [-0.4, -0.2) is 17.9 Å². The molecule has 0 amide bonds. The summed E-state index contributed by atoms with van der Waals surface area (Å²) in [6.07, 6.45) is 3.50. The molecule has 0 rings (SSSR count). The summed E-state index contributed by atoms with van der Waals surface area (Å²) in [5.41, 5.74) is 0. The molecule has 0 aliphatic carbocycles. The zero-order valence-corrected chi connectivity index (χ0v) is 14.0.